The SMILES string of the molecule is O=S(=O)(N[NH+]([O-])O)c1ccccc1.[Cl-]. The number of nitrogens with one attached hydrogen (secondary N) is 2. The molecule has 1 unspecified atom stereocenters. The van der Waals surface area contributed by atoms with Gasteiger partial charge >= 0.3 is 0 Å². The van der Waals surface area contributed by atoms with Crippen molar-refractivity contribution < 1.29 is 31.4 Å². The summed E-state index contributed by atoms with van der Waals surface area (Å²) in [7, 11) is -3.91. The van der Waals surface area contributed by atoms with Crippen molar-refractivity contribution in [1.29, 1.82) is 0 Å². The van der Waals surface area contributed by atoms with E-state index in [1.807, 2.05) is 0 Å². The number of quaternary nitrogens is 1. The Morgan fingerprint density at radius 2 is 1.79 bits per heavy atom. The highest BCUT2D eigenvalue weighted by molar-refractivity contribution is 7.89. The van der Waals surface area contributed by atoms with Crippen molar-refractivity contribution in [2.45, 2.75) is 4.90 Å². The van der Waals surface area contributed by atoms with Gasteiger partial charge in [0.2, 0.25) is 0 Å². The van der Waals surface area contributed by atoms with E-state index in [0.29, 0.717) is 0 Å². The van der Waals surface area contributed by atoms with Crippen LogP contribution in [0.4, 0.5) is 0 Å². The lowest BCUT2D eigenvalue weighted by atomic mass is 10.4. The Morgan fingerprint density at radius 1 is 1.29 bits per heavy atom. The van der Waals surface area contributed by atoms with Gasteiger partial charge in [0.15, 0.2) is 0 Å². The molecule has 6 nitrogen and oxygen atoms in total. The Morgan fingerprint density at radius 3 is 2.21 bits per heavy atom. The van der Waals surface area contributed by atoms with Crippen molar-refractivity contribution in [2.24, 2.45) is 0 Å². The van der Waals surface area contributed by atoms with Gasteiger partial charge in [-0.2, -0.15) is 5.21 Å². The molecule has 0 aliphatic rings. The highest BCUT2D eigenvalue weighted by atomic mass is 35.5. The summed E-state index contributed by atoms with van der Waals surface area (Å²) in [5.74, 6) is 0. The van der Waals surface area contributed by atoms with E-state index in [9.17, 15) is 13.6 Å². The van der Waals surface area contributed by atoms with Gasteiger partial charge < -0.3 is 17.6 Å². The first-order valence-electron chi connectivity index (χ1n) is 3.33. The average Bonchev–Trinajstić information content (AvgIpc) is 2.04. The number of hydrogen-bond donors (Lipinski definition) is 3. The molecule has 14 heavy (non-hydrogen) atoms. The number of halogens is 1. The van der Waals surface area contributed by atoms with Crippen molar-refractivity contribution in [3.05, 3.63) is 35.5 Å². The van der Waals surface area contributed by atoms with Gasteiger partial charge in [0, 0.05) is 0 Å². The van der Waals surface area contributed by atoms with Gasteiger partial charge in [0.25, 0.3) is 10.0 Å². The number of rotatable bonds is 3. The lowest BCUT2D eigenvalue weighted by molar-refractivity contribution is -1.07. The maximum atomic E-state index is 11.2. The highest BCUT2D eigenvalue weighted by Crippen LogP contribution is 2.04. The molecule has 0 aliphatic carbocycles. The van der Waals surface area contributed by atoms with E-state index in [4.69, 9.17) is 5.21 Å². The smallest absolute Gasteiger partial charge is 0.285 e. The third-order valence-corrected chi connectivity index (χ3v) is 2.61. The summed E-state index contributed by atoms with van der Waals surface area (Å²) in [6.07, 6.45) is 0. The molecule has 0 amide bonds. The van der Waals surface area contributed by atoms with Crippen LogP contribution in [0.1, 0.15) is 0 Å². The maximum Gasteiger partial charge on any atom is 0.285 e. The van der Waals surface area contributed by atoms with Gasteiger partial charge in [0.1, 0.15) is 0 Å². The molecule has 3 N–H and O–H groups in total. The largest absolute Gasteiger partial charge is 1.00 e. The molecule has 0 saturated carbocycles. The average molecular weight is 240 g/mol. The predicted molar refractivity (Wildman–Crippen MR) is 42.9 cm³/mol. The monoisotopic (exact) mass is 239 g/mol. The first kappa shape index (κ1) is 13.3. The number of benzene rings is 1. The van der Waals surface area contributed by atoms with Gasteiger partial charge in [0.05, 0.1) is 4.90 Å². The molecule has 0 fully saturated rings. The van der Waals surface area contributed by atoms with Crippen LogP contribution in [0.3, 0.4) is 0 Å². The summed E-state index contributed by atoms with van der Waals surface area (Å²) in [4.78, 5) is 1.35. The van der Waals surface area contributed by atoms with E-state index < -0.39 is 15.4 Å². The summed E-state index contributed by atoms with van der Waals surface area (Å²) in [6.45, 7) is 0. The first-order valence-corrected chi connectivity index (χ1v) is 4.81. The molecule has 80 valence electrons. The fourth-order valence-corrected chi connectivity index (χ4v) is 1.64. The fourth-order valence-electron chi connectivity index (χ4n) is 0.774. The molecule has 0 saturated heterocycles. The number of sulfonamides is 1. The van der Waals surface area contributed by atoms with Crippen molar-refractivity contribution in [3.63, 3.8) is 0 Å². The maximum absolute atomic E-state index is 11.2. The van der Waals surface area contributed by atoms with Crippen molar-refractivity contribution >= 4 is 10.0 Å². The second kappa shape index (κ2) is 5.25. The van der Waals surface area contributed by atoms with Crippen molar-refractivity contribution in [2.75, 3.05) is 0 Å². The molecule has 0 radical (unpaired) electrons. The summed E-state index contributed by atoms with van der Waals surface area (Å²) in [5.41, 5.74) is 0. The second-order valence-electron chi connectivity index (χ2n) is 2.22. The van der Waals surface area contributed by atoms with Crippen molar-refractivity contribution in [1.82, 2.24) is 4.83 Å². The minimum absolute atomic E-state index is 0. The van der Waals surface area contributed by atoms with Crippen LogP contribution < -0.4 is 22.6 Å². The molecule has 0 bridgehead atoms. The highest BCUT2D eigenvalue weighted by Gasteiger charge is 2.15. The zero-order valence-corrected chi connectivity index (χ0v) is 8.42. The molecular formula is C6H8ClN2O4S-. The van der Waals surface area contributed by atoms with Crippen LogP contribution in [0.5, 0.6) is 0 Å². The fraction of sp³-hybridized carbons (Fsp3) is 0. The van der Waals surface area contributed by atoms with Crippen molar-refractivity contribution in [3.8, 4) is 0 Å². The van der Waals surface area contributed by atoms with E-state index in [2.05, 4.69) is 0 Å². The van der Waals surface area contributed by atoms with Crippen LogP contribution in [0.15, 0.2) is 35.2 Å². The minimum atomic E-state index is -3.91. The van der Waals surface area contributed by atoms with Gasteiger partial charge in [-0.05, 0) is 17.0 Å². The zero-order chi connectivity index (χ0) is 9.90. The van der Waals surface area contributed by atoms with Gasteiger partial charge in [-0.1, -0.05) is 18.2 Å². The first-order chi connectivity index (χ1) is 6.02. The van der Waals surface area contributed by atoms with E-state index in [1.165, 1.54) is 29.1 Å². The van der Waals surface area contributed by atoms with E-state index in [-0.39, 0.29) is 17.3 Å². The van der Waals surface area contributed by atoms with Gasteiger partial charge in [-0.15, -0.1) is 5.34 Å². The Kier molecular flexibility index (Phi) is 4.99. The summed E-state index contributed by atoms with van der Waals surface area (Å²) >= 11 is 0. The van der Waals surface area contributed by atoms with Gasteiger partial charge in [-0.25, -0.2) is 8.42 Å². The molecule has 1 rings (SSSR count). The molecule has 0 spiro atoms. The lowest BCUT2D eigenvalue weighted by Crippen LogP contribution is -3.12. The summed E-state index contributed by atoms with van der Waals surface area (Å²) in [6, 6.07) is 7.28. The second-order valence-corrected chi connectivity index (χ2v) is 3.91. The lowest BCUT2D eigenvalue weighted by Gasteiger charge is -2.12. The molecule has 1 aromatic rings. The van der Waals surface area contributed by atoms with Crippen LogP contribution in [-0.2, 0) is 10.0 Å². The summed E-state index contributed by atoms with van der Waals surface area (Å²) in [5, 5.41) is 16.7. The summed E-state index contributed by atoms with van der Waals surface area (Å²) < 4.78 is 22.3. The van der Waals surface area contributed by atoms with Crippen LogP contribution >= 0.6 is 0 Å². The van der Waals surface area contributed by atoms with E-state index >= 15 is 0 Å². The predicted octanol–water partition coefficient (Wildman–Crippen LogP) is -4.34. The Balaban J connectivity index is 0.00000169. The van der Waals surface area contributed by atoms with E-state index in [1.54, 1.807) is 6.07 Å². The third-order valence-electron chi connectivity index (χ3n) is 1.28. The molecule has 0 aromatic heterocycles. The minimum Gasteiger partial charge on any atom is -1.00 e. The van der Waals surface area contributed by atoms with Crippen LogP contribution in [-0.4, -0.2) is 13.6 Å². The molecule has 1 aromatic carbocycles. The number of hydrogen-bond acceptors (Lipinski definition) is 4. The quantitative estimate of drug-likeness (QED) is 0.465. The standard InChI is InChI=1S/C6H8N2O4S.ClH/c9-8(10)7-13(11,12)6-4-2-1-3-5-6;/h1-5,7-9H;1H/p-1. The Bertz CT molecular complexity index is 367. The van der Waals surface area contributed by atoms with E-state index in [0.717, 1.165) is 0 Å². The van der Waals surface area contributed by atoms with Crippen LogP contribution in [0, 0.1) is 5.21 Å². The third kappa shape index (κ3) is 3.58. The molecule has 0 aliphatic heterocycles. The molecular weight excluding hydrogens is 232 g/mol. The van der Waals surface area contributed by atoms with Crippen LogP contribution in [0.25, 0.3) is 0 Å². The molecule has 8 heteroatoms. The Labute approximate surface area is 87.1 Å². The Hall–Kier alpha value is -0.700. The molecule has 0 heterocycles. The topological polar surface area (TPSA) is 93.9 Å². The normalized spacial score (nSPS) is 13.0. The zero-order valence-electron chi connectivity index (χ0n) is 6.84. The van der Waals surface area contributed by atoms with Gasteiger partial charge in [-0.3, -0.25) is 0 Å². The van der Waals surface area contributed by atoms with Crippen LogP contribution in [0.2, 0.25) is 0 Å². The molecule has 1 atom stereocenters.